The summed E-state index contributed by atoms with van der Waals surface area (Å²) in [5.41, 5.74) is 3.08. The molecule has 4 heteroatoms. The molecule has 15 heavy (non-hydrogen) atoms. The Morgan fingerprint density at radius 1 is 1.33 bits per heavy atom. The second-order valence-corrected chi connectivity index (χ2v) is 5.70. The van der Waals surface area contributed by atoms with Gasteiger partial charge in [-0.25, -0.2) is 0 Å². The Morgan fingerprint density at radius 2 is 2.13 bits per heavy atom. The van der Waals surface area contributed by atoms with E-state index in [2.05, 4.69) is 43.5 Å². The standard InChI is InChI=1S/C11H7BrINO/c12-6-2-3-7(13)11-9(6)5-1-4-8(15)10(5)14-11/h2-3,14H,1,4H2. The van der Waals surface area contributed by atoms with Gasteiger partial charge >= 0.3 is 0 Å². The predicted molar refractivity (Wildman–Crippen MR) is 71.4 cm³/mol. The lowest BCUT2D eigenvalue weighted by Crippen LogP contribution is -1.91. The third-order valence-corrected chi connectivity index (χ3v) is 4.40. The van der Waals surface area contributed by atoms with E-state index in [4.69, 9.17) is 0 Å². The number of fused-ring (bicyclic) bond motifs is 3. The molecule has 0 amide bonds. The highest BCUT2D eigenvalue weighted by molar-refractivity contribution is 14.1. The molecular formula is C11H7BrINO. The molecule has 0 fully saturated rings. The summed E-state index contributed by atoms with van der Waals surface area (Å²) in [6, 6.07) is 4.09. The molecule has 0 spiro atoms. The Hall–Kier alpha value is -0.360. The number of halogens is 2. The number of H-pyrrole nitrogens is 1. The van der Waals surface area contributed by atoms with Crippen LogP contribution in [-0.2, 0) is 6.42 Å². The van der Waals surface area contributed by atoms with Crippen molar-refractivity contribution in [1.29, 1.82) is 0 Å². The molecule has 1 N–H and O–H groups in total. The fourth-order valence-corrected chi connectivity index (χ4v) is 3.30. The molecule has 0 bridgehead atoms. The zero-order valence-electron chi connectivity index (χ0n) is 7.73. The van der Waals surface area contributed by atoms with E-state index in [1.165, 1.54) is 10.9 Å². The van der Waals surface area contributed by atoms with E-state index in [1.807, 2.05) is 12.1 Å². The summed E-state index contributed by atoms with van der Waals surface area (Å²) in [7, 11) is 0. The summed E-state index contributed by atoms with van der Waals surface area (Å²) >= 11 is 5.84. The number of ketones is 1. The second-order valence-electron chi connectivity index (χ2n) is 3.68. The van der Waals surface area contributed by atoms with E-state index in [0.717, 1.165) is 25.7 Å². The minimum Gasteiger partial charge on any atom is -0.351 e. The zero-order chi connectivity index (χ0) is 10.6. The van der Waals surface area contributed by atoms with Crippen LogP contribution in [0.3, 0.4) is 0 Å². The number of carbonyl (C=O) groups is 1. The normalized spacial score (nSPS) is 14.9. The van der Waals surface area contributed by atoms with Gasteiger partial charge < -0.3 is 4.98 Å². The molecule has 0 atom stereocenters. The van der Waals surface area contributed by atoms with Gasteiger partial charge in [-0.05, 0) is 46.7 Å². The monoisotopic (exact) mass is 375 g/mol. The largest absolute Gasteiger partial charge is 0.351 e. The SMILES string of the molecule is O=C1CCc2c1[nH]c1c(I)ccc(Br)c21. The molecule has 2 aromatic rings. The van der Waals surface area contributed by atoms with E-state index < -0.39 is 0 Å². The van der Waals surface area contributed by atoms with Gasteiger partial charge in [0.2, 0.25) is 0 Å². The highest BCUT2D eigenvalue weighted by Gasteiger charge is 2.25. The second kappa shape index (κ2) is 3.31. The van der Waals surface area contributed by atoms with Crippen LogP contribution in [0.2, 0.25) is 0 Å². The number of aromatic amines is 1. The number of hydrogen-bond donors (Lipinski definition) is 1. The number of hydrogen-bond acceptors (Lipinski definition) is 1. The highest BCUT2D eigenvalue weighted by atomic mass is 127. The molecule has 1 aromatic heterocycles. The lowest BCUT2D eigenvalue weighted by molar-refractivity contribution is 0.0991. The third kappa shape index (κ3) is 1.30. The fourth-order valence-electron chi connectivity index (χ4n) is 2.15. The average Bonchev–Trinajstić information content (AvgIpc) is 2.74. The number of aryl methyl sites for hydroxylation is 1. The molecule has 0 unspecified atom stereocenters. The summed E-state index contributed by atoms with van der Waals surface area (Å²) in [6.07, 6.45) is 1.52. The minimum absolute atomic E-state index is 0.240. The number of carbonyl (C=O) groups excluding carboxylic acids is 1. The Bertz CT molecular complexity index is 588. The van der Waals surface area contributed by atoms with E-state index in [0.29, 0.717) is 6.42 Å². The Labute approximate surface area is 109 Å². The molecule has 2 nitrogen and oxygen atoms in total. The van der Waals surface area contributed by atoms with Gasteiger partial charge in [0.15, 0.2) is 5.78 Å². The Balaban J connectivity index is 2.49. The van der Waals surface area contributed by atoms with Gasteiger partial charge in [-0.3, -0.25) is 4.79 Å². The number of benzene rings is 1. The fraction of sp³-hybridized carbons (Fsp3) is 0.182. The number of aromatic nitrogens is 1. The number of Topliss-reactive ketones (excluding diaryl/α,β-unsaturated/α-hetero) is 1. The number of nitrogens with one attached hydrogen (secondary N) is 1. The average molecular weight is 376 g/mol. The van der Waals surface area contributed by atoms with Crippen molar-refractivity contribution in [2.24, 2.45) is 0 Å². The van der Waals surface area contributed by atoms with Gasteiger partial charge in [0.05, 0.1) is 11.2 Å². The van der Waals surface area contributed by atoms with Crippen molar-refractivity contribution >= 4 is 55.2 Å². The predicted octanol–water partition coefficient (Wildman–Crippen LogP) is 3.66. The van der Waals surface area contributed by atoms with Gasteiger partial charge in [-0.2, -0.15) is 0 Å². The van der Waals surface area contributed by atoms with Crippen molar-refractivity contribution in [1.82, 2.24) is 4.98 Å². The molecule has 0 aliphatic heterocycles. The molecule has 1 heterocycles. The van der Waals surface area contributed by atoms with Crippen molar-refractivity contribution in [2.45, 2.75) is 12.8 Å². The maximum absolute atomic E-state index is 11.6. The van der Waals surface area contributed by atoms with Crippen molar-refractivity contribution in [3.63, 3.8) is 0 Å². The van der Waals surface area contributed by atoms with Crippen molar-refractivity contribution in [2.75, 3.05) is 0 Å². The number of rotatable bonds is 0. The van der Waals surface area contributed by atoms with Crippen LogP contribution in [0, 0.1) is 3.57 Å². The lowest BCUT2D eigenvalue weighted by atomic mass is 10.1. The van der Waals surface area contributed by atoms with Crippen molar-refractivity contribution < 1.29 is 4.79 Å². The van der Waals surface area contributed by atoms with Crippen LogP contribution < -0.4 is 0 Å². The first-order chi connectivity index (χ1) is 7.18. The van der Waals surface area contributed by atoms with Crippen LogP contribution in [-0.4, -0.2) is 10.8 Å². The topological polar surface area (TPSA) is 32.9 Å². The van der Waals surface area contributed by atoms with E-state index in [9.17, 15) is 4.79 Å². The molecular weight excluding hydrogens is 369 g/mol. The van der Waals surface area contributed by atoms with E-state index in [-0.39, 0.29) is 5.78 Å². The molecule has 0 radical (unpaired) electrons. The van der Waals surface area contributed by atoms with Gasteiger partial charge in [-0.15, -0.1) is 0 Å². The first-order valence-electron chi connectivity index (χ1n) is 4.70. The van der Waals surface area contributed by atoms with E-state index in [1.54, 1.807) is 0 Å². The van der Waals surface area contributed by atoms with Crippen LogP contribution in [0.1, 0.15) is 22.5 Å². The van der Waals surface area contributed by atoms with Crippen molar-refractivity contribution in [3.05, 3.63) is 31.4 Å². The first kappa shape index (κ1) is 9.84. The molecule has 1 aliphatic rings. The molecule has 1 aromatic carbocycles. The van der Waals surface area contributed by atoms with Gasteiger partial charge in [-0.1, -0.05) is 15.9 Å². The molecule has 1 aliphatic carbocycles. The maximum atomic E-state index is 11.6. The smallest absolute Gasteiger partial charge is 0.179 e. The summed E-state index contributed by atoms with van der Waals surface area (Å²) in [5, 5.41) is 1.18. The lowest BCUT2D eigenvalue weighted by Gasteiger charge is -1.99. The molecule has 76 valence electrons. The van der Waals surface area contributed by atoms with Gasteiger partial charge in [0.1, 0.15) is 0 Å². The van der Waals surface area contributed by atoms with Crippen LogP contribution in [0.25, 0.3) is 10.9 Å². The summed E-state index contributed by atoms with van der Waals surface area (Å²) in [6.45, 7) is 0. The summed E-state index contributed by atoms with van der Waals surface area (Å²) in [5.74, 6) is 0.240. The molecule has 3 rings (SSSR count). The molecule has 0 saturated carbocycles. The molecule has 0 saturated heterocycles. The highest BCUT2D eigenvalue weighted by Crippen LogP contribution is 2.36. The van der Waals surface area contributed by atoms with Crippen LogP contribution in [0.15, 0.2) is 16.6 Å². The van der Waals surface area contributed by atoms with Crippen LogP contribution in [0.4, 0.5) is 0 Å². The van der Waals surface area contributed by atoms with Gasteiger partial charge in [0, 0.05) is 19.8 Å². The summed E-state index contributed by atoms with van der Waals surface area (Å²) < 4.78 is 2.23. The van der Waals surface area contributed by atoms with E-state index >= 15 is 0 Å². The van der Waals surface area contributed by atoms with Crippen LogP contribution in [0.5, 0.6) is 0 Å². The Morgan fingerprint density at radius 3 is 2.93 bits per heavy atom. The maximum Gasteiger partial charge on any atom is 0.179 e. The quantitative estimate of drug-likeness (QED) is 0.700. The first-order valence-corrected chi connectivity index (χ1v) is 6.57. The zero-order valence-corrected chi connectivity index (χ0v) is 11.5. The summed E-state index contributed by atoms with van der Waals surface area (Å²) in [4.78, 5) is 14.9. The van der Waals surface area contributed by atoms with Crippen LogP contribution >= 0.6 is 38.5 Å². The third-order valence-electron chi connectivity index (χ3n) is 2.84. The minimum atomic E-state index is 0.240. The van der Waals surface area contributed by atoms with Gasteiger partial charge in [0.25, 0.3) is 0 Å². The Kier molecular flexibility index (Phi) is 2.17. The van der Waals surface area contributed by atoms with Crippen molar-refractivity contribution in [3.8, 4) is 0 Å².